The lowest BCUT2D eigenvalue weighted by molar-refractivity contribution is 0.0787. The summed E-state index contributed by atoms with van der Waals surface area (Å²) in [5, 5.41) is 10.1. The van der Waals surface area contributed by atoms with Crippen LogP contribution in [0.4, 0.5) is 0 Å². The number of rotatable bonds is 3. The maximum absolute atomic E-state index is 12.7. The summed E-state index contributed by atoms with van der Waals surface area (Å²) in [5.74, 6) is -0.00954. The number of pyridine rings is 2. The topological polar surface area (TPSA) is 85.7 Å². The van der Waals surface area contributed by atoms with Crippen LogP contribution in [0, 0.1) is 11.3 Å². The Kier molecular flexibility index (Phi) is 4.49. The number of amides is 1. The largest absolute Gasteiger partial charge is 0.339 e. The molecule has 0 unspecified atom stereocenters. The van der Waals surface area contributed by atoms with Crippen molar-refractivity contribution in [2.24, 2.45) is 0 Å². The fraction of sp³-hybridized carbons (Fsp3) is 0.167. The van der Waals surface area contributed by atoms with Gasteiger partial charge in [-0.15, -0.1) is 0 Å². The fourth-order valence-electron chi connectivity index (χ4n) is 3.86. The molecule has 0 saturated carbocycles. The molecule has 1 N–H and O–H groups in total. The molecule has 3 aromatic heterocycles. The third-order valence-corrected chi connectivity index (χ3v) is 5.43. The lowest BCUT2D eigenvalue weighted by atomic mass is 10.1. The number of nitrogens with zero attached hydrogens (tertiary/aromatic N) is 4. The van der Waals surface area contributed by atoms with E-state index in [1.165, 1.54) is 0 Å². The second-order valence-corrected chi connectivity index (χ2v) is 7.44. The van der Waals surface area contributed by atoms with Gasteiger partial charge in [-0.25, -0.2) is 9.97 Å². The molecule has 1 aliphatic heterocycles. The first-order valence-electron chi connectivity index (χ1n) is 9.97. The number of nitriles is 1. The Morgan fingerprint density at radius 3 is 2.70 bits per heavy atom. The fourth-order valence-corrected chi connectivity index (χ4v) is 3.86. The molecule has 1 aromatic carbocycles. The van der Waals surface area contributed by atoms with Crippen LogP contribution >= 0.6 is 0 Å². The predicted octanol–water partition coefficient (Wildman–Crippen LogP) is 4.40. The van der Waals surface area contributed by atoms with Crippen molar-refractivity contribution in [2.75, 3.05) is 13.1 Å². The summed E-state index contributed by atoms with van der Waals surface area (Å²) >= 11 is 0. The van der Waals surface area contributed by atoms with Crippen LogP contribution in [0.3, 0.4) is 0 Å². The molecule has 146 valence electrons. The van der Waals surface area contributed by atoms with E-state index in [9.17, 15) is 4.79 Å². The summed E-state index contributed by atoms with van der Waals surface area (Å²) in [5.41, 5.74) is 5.27. The number of H-pyrrole nitrogens is 1. The maximum Gasteiger partial charge on any atom is 0.272 e. The molecule has 4 heterocycles. The molecular formula is C24H19N5O. The SMILES string of the molecule is N#Cc1cccc(-c2cc3cc(-c4cccc(C(=O)N5CCCC5)n4)cnc3[nH]2)c1. The van der Waals surface area contributed by atoms with Crippen molar-refractivity contribution in [3.63, 3.8) is 0 Å². The summed E-state index contributed by atoms with van der Waals surface area (Å²) in [6, 6.07) is 19.2. The van der Waals surface area contributed by atoms with Crippen molar-refractivity contribution in [1.82, 2.24) is 19.9 Å². The van der Waals surface area contributed by atoms with Gasteiger partial charge in [0.25, 0.3) is 5.91 Å². The number of hydrogen-bond donors (Lipinski definition) is 1. The summed E-state index contributed by atoms with van der Waals surface area (Å²) in [6.07, 6.45) is 3.87. The van der Waals surface area contributed by atoms with E-state index in [-0.39, 0.29) is 5.91 Å². The highest BCUT2D eigenvalue weighted by Crippen LogP contribution is 2.27. The third-order valence-electron chi connectivity index (χ3n) is 5.43. The minimum Gasteiger partial charge on any atom is -0.339 e. The number of aromatic nitrogens is 3. The Hall–Kier alpha value is -3.98. The molecule has 0 aliphatic carbocycles. The van der Waals surface area contributed by atoms with Crippen molar-refractivity contribution < 1.29 is 4.79 Å². The Bertz CT molecular complexity index is 1290. The van der Waals surface area contributed by atoms with E-state index in [0.717, 1.165) is 59.5 Å². The van der Waals surface area contributed by atoms with Gasteiger partial charge in [0, 0.05) is 35.9 Å². The molecule has 1 aliphatic rings. The van der Waals surface area contributed by atoms with E-state index >= 15 is 0 Å². The lowest BCUT2D eigenvalue weighted by Crippen LogP contribution is -2.28. The number of aromatic amines is 1. The van der Waals surface area contributed by atoms with Gasteiger partial charge in [-0.05, 0) is 54.8 Å². The summed E-state index contributed by atoms with van der Waals surface area (Å²) in [4.78, 5) is 27.0. The van der Waals surface area contributed by atoms with Gasteiger partial charge in [0.1, 0.15) is 11.3 Å². The van der Waals surface area contributed by atoms with Crippen LogP contribution < -0.4 is 0 Å². The molecule has 0 bridgehead atoms. The smallest absolute Gasteiger partial charge is 0.272 e. The molecule has 0 radical (unpaired) electrons. The quantitative estimate of drug-likeness (QED) is 0.559. The standard InChI is InChI=1S/C24H19N5O/c25-14-16-5-3-6-17(11-16)22-13-18-12-19(15-26-23(18)28-22)20-7-4-8-21(27-20)24(30)29-9-1-2-10-29/h3-8,11-13,15H,1-2,9-10H2,(H,26,28). The molecule has 1 saturated heterocycles. The second kappa shape index (κ2) is 7.45. The summed E-state index contributed by atoms with van der Waals surface area (Å²) in [6.45, 7) is 1.61. The van der Waals surface area contributed by atoms with Gasteiger partial charge < -0.3 is 9.88 Å². The maximum atomic E-state index is 12.7. The van der Waals surface area contributed by atoms with Crippen molar-refractivity contribution in [1.29, 1.82) is 5.26 Å². The van der Waals surface area contributed by atoms with Crippen LogP contribution in [-0.4, -0.2) is 38.8 Å². The van der Waals surface area contributed by atoms with E-state index in [1.807, 2.05) is 47.4 Å². The minimum atomic E-state index is -0.00954. The van der Waals surface area contributed by atoms with E-state index < -0.39 is 0 Å². The van der Waals surface area contributed by atoms with Gasteiger partial charge >= 0.3 is 0 Å². The molecule has 1 amide bonds. The van der Waals surface area contributed by atoms with Crippen LogP contribution in [0.1, 0.15) is 28.9 Å². The highest BCUT2D eigenvalue weighted by Gasteiger charge is 2.20. The summed E-state index contributed by atoms with van der Waals surface area (Å²) < 4.78 is 0. The van der Waals surface area contributed by atoms with E-state index in [2.05, 4.69) is 21.0 Å². The van der Waals surface area contributed by atoms with Crippen LogP contribution in [-0.2, 0) is 0 Å². The molecule has 1 fully saturated rings. The van der Waals surface area contributed by atoms with Crippen molar-refractivity contribution in [3.05, 3.63) is 72.1 Å². The zero-order valence-corrected chi connectivity index (χ0v) is 16.3. The highest BCUT2D eigenvalue weighted by molar-refractivity contribution is 5.93. The predicted molar refractivity (Wildman–Crippen MR) is 115 cm³/mol. The first-order valence-corrected chi connectivity index (χ1v) is 9.97. The molecular weight excluding hydrogens is 374 g/mol. The van der Waals surface area contributed by atoms with Gasteiger partial charge in [-0.1, -0.05) is 18.2 Å². The van der Waals surface area contributed by atoms with Crippen LogP contribution in [0.25, 0.3) is 33.5 Å². The Morgan fingerprint density at radius 2 is 1.87 bits per heavy atom. The monoisotopic (exact) mass is 393 g/mol. The normalized spacial score (nSPS) is 13.5. The van der Waals surface area contributed by atoms with Crippen LogP contribution in [0.2, 0.25) is 0 Å². The zero-order chi connectivity index (χ0) is 20.5. The number of carbonyl (C=O) groups is 1. The van der Waals surface area contributed by atoms with Crippen molar-refractivity contribution in [2.45, 2.75) is 12.8 Å². The third kappa shape index (κ3) is 3.31. The molecule has 6 nitrogen and oxygen atoms in total. The number of carbonyl (C=O) groups excluding carboxylic acids is 1. The van der Waals surface area contributed by atoms with E-state index in [0.29, 0.717) is 11.3 Å². The van der Waals surface area contributed by atoms with E-state index in [4.69, 9.17) is 5.26 Å². The molecule has 0 atom stereocenters. The minimum absolute atomic E-state index is 0.00954. The van der Waals surface area contributed by atoms with Crippen molar-refractivity contribution >= 4 is 16.9 Å². The molecule has 5 rings (SSSR count). The van der Waals surface area contributed by atoms with E-state index in [1.54, 1.807) is 18.3 Å². The number of fused-ring (bicyclic) bond motifs is 1. The Morgan fingerprint density at radius 1 is 1.03 bits per heavy atom. The van der Waals surface area contributed by atoms with Gasteiger partial charge in [0.15, 0.2) is 0 Å². The second-order valence-electron chi connectivity index (χ2n) is 7.44. The highest BCUT2D eigenvalue weighted by atomic mass is 16.2. The zero-order valence-electron chi connectivity index (χ0n) is 16.3. The van der Waals surface area contributed by atoms with Gasteiger partial charge in [-0.3, -0.25) is 4.79 Å². The average molecular weight is 393 g/mol. The Balaban J connectivity index is 1.49. The first kappa shape index (κ1) is 18.1. The number of benzene rings is 1. The average Bonchev–Trinajstić information content (AvgIpc) is 3.48. The van der Waals surface area contributed by atoms with Crippen LogP contribution in [0.5, 0.6) is 0 Å². The van der Waals surface area contributed by atoms with Crippen molar-refractivity contribution in [3.8, 4) is 28.6 Å². The number of likely N-dealkylation sites (tertiary alicyclic amines) is 1. The van der Waals surface area contributed by atoms with Crippen LogP contribution in [0.15, 0.2) is 60.8 Å². The van der Waals surface area contributed by atoms with Gasteiger partial charge in [0.2, 0.25) is 0 Å². The van der Waals surface area contributed by atoms with Gasteiger partial charge in [0.05, 0.1) is 17.3 Å². The molecule has 0 spiro atoms. The first-order chi connectivity index (χ1) is 14.7. The number of hydrogen-bond acceptors (Lipinski definition) is 4. The lowest BCUT2D eigenvalue weighted by Gasteiger charge is -2.14. The Labute approximate surface area is 173 Å². The molecule has 30 heavy (non-hydrogen) atoms. The number of nitrogens with one attached hydrogen (secondary N) is 1. The molecule has 4 aromatic rings. The summed E-state index contributed by atoms with van der Waals surface area (Å²) in [7, 11) is 0. The molecule has 6 heteroatoms. The van der Waals surface area contributed by atoms with Gasteiger partial charge in [-0.2, -0.15) is 5.26 Å².